The summed E-state index contributed by atoms with van der Waals surface area (Å²) in [5.74, 6) is -0.262. The molecule has 1 aromatic rings. The molecule has 0 saturated carbocycles. The first-order chi connectivity index (χ1) is 9.94. The summed E-state index contributed by atoms with van der Waals surface area (Å²) in [5, 5.41) is 10.9. The van der Waals surface area contributed by atoms with E-state index in [0.29, 0.717) is 6.42 Å². The summed E-state index contributed by atoms with van der Waals surface area (Å²) >= 11 is 3.45. The van der Waals surface area contributed by atoms with Gasteiger partial charge in [0.25, 0.3) is 0 Å². The van der Waals surface area contributed by atoms with Crippen LogP contribution in [0.25, 0.3) is 0 Å². The third-order valence-electron chi connectivity index (χ3n) is 4.66. The van der Waals surface area contributed by atoms with E-state index in [9.17, 15) is 9.50 Å². The Bertz CT molecular complexity index is 444. The molecule has 0 aromatic heterocycles. The maximum absolute atomic E-state index is 13.4. The molecule has 0 aliphatic heterocycles. The minimum Gasteiger partial charge on any atom is -0.391 e. The third kappa shape index (κ3) is 4.05. The normalized spacial score (nSPS) is 13.7. The van der Waals surface area contributed by atoms with Gasteiger partial charge in [0.15, 0.2) is 0 Å². The highest BCUT2D eigenvalue weighted by Crippen LogP contribution is 2.31. The second-order valence-electron chi connectivity index (χ2n) is 5.44. The summed E-state index contributed by atoms with van der Waals surface area (Å²) in [4.78, 5) is 2.32. The molecule has 1 rings (SSSR count). The average molecular weight is 360 g/mol. The van der Waals surface area contributed by atoms with Gasteiger partial charge in [-0.2, -0.15) is 0 Å². The van der Waals surface area contributed by atoms with Crippen LogP contribution in [0.3, 0.4) is 0 Å². The monoisotopic (exact) mass is 359 g/mol. The van der Waals surface area contributed by atoms with Crippen molar-refractivity contribution in [3.63, 3.8) is 0 Å². The van der Waals surface area contributed by atoms with Crippen LogP contribution < -0.4 is 0 Å². The van der Waals surface area contributed by atoms with Crippen molar-refractivity contribution in [2.24, 2.45) is 0 Å². The van der Waals surface area contributed by atoms with Gasteiger partial charge in [0.05, 0.1) is 6.10 Å². The Hall–Kier alpha value is -0.450. The first-order valence-corrected chi connectivity index (χ1v) is 8.61. The lowest BCUT2D eigenvalue weighted by Crippen LogP contribution is -2.56. The zero-order chi connectivity index (χ0) is 16.0. The Kier molecular flexibility index (Phi) is 7.31. The Morgan fingerprint density at radius 2 is 1.76 bits per heavy atom. The summed E-state index contributed by atoms with van der Waals surface area (Å²) < 4.78 is 14.3. The molecule has 21 heavy (non-hydrogen) atoms. The molecular weight excluding hydrogens is 333 g/mol. The molecule has 1 atom stereocenters. The van der Waals surface area contributed by atoms with Crippen LogP contribution in [0.2, 0.25) is 0 Å². The maximum atomic E-state index is 13.4. The van der Waals surface area contributed by atoms with E-state index in [1.165, 1.54) is 12.1 Å². The molecular formula is C17H27BrFNO. The van der Waals surface area contributed by atoms with Gasteiger partial charge in [-0.15, -0.1) is 0 Å². The minimum absolute atomic E-state index is 0.255. The molecule has 0 aliphatic rings. The minimum atomic E-state index is -0.523. The van der Waals surface area contributed by atoms with Crippen molar-refractivity contribution >= 4 is 15.9 Å². The van der Waals surface area contributed by atoms with Gasteiger partial charge in [-0.05, 0) is 49.7 Å². The van der Waals surface area contributed by atoms with E-state index in [1.807, 2.05) is 0 Å². The molecule has 0 amide bonds. The van der Waals surface area contributed by atoms with Gasteiger partial charge < -0.3 is 5.11 Å². The molecule has 0 fully saturated rings. The molecule has 2 nitrogen and oxygen atoms in total. The van der Waals surface area contributed by atoms with Crippen LogP contribution in [0.4, 0.5) is 4.39 Å². The fourth-order valence-electron chi connectivity index (χ4n) is 3.33. The van der Waals surface area contributed by atoms with Gasteiger partial charge in [-0.1, -0.05) is 43.6 Å². The molecule has 1 N–H and O–H groups in total. The molecule has 120 valence electrons. The van der Waals surface area contributed by atoms with Crippen molar-refractivity contribution in [1.29, 1.82) is 0 Å². The van der Waals surface area contributed by atoms with E-state index in [4.69, 9.17) is 0 Å². The lowest BCUT2D eigenvalue weighted by Gasteiger charge is -2.46. The van der Waals surface area contributed by atoms with Crippen molar-refractivity contribution in [1.82, 2.24) is 4.90 Å². The number of halogens is 2. The van der Waals surface area contributed by atoms with Gasteiger partial charge >= 0.3 is 0 Å². The van der Waals surface area contributed by atoms with Crippen molar-refractivity contribution in [3.05, 3.63) is 34.1 Å². The van der Waals surface area contributed by atoms with Gasteiger partial charge in [0.2, 0.25) is 0 Å². The predicted octanol–water partition coefficient (Wildman–Crippen LogP) is 4.39. The standard InChI is InChI=1S/C17H27BrFNO/c1-5-17(6-2,20(7-3)8-4)16(21)12-13-11-14(19)9-10-15(13)18/h9-11,16,21H,5-8,12H2,1-4H3. The van der Waals surface area contributed by atoms with E-state index >= 15 is 0 Å². The number of aliphatic hydroxyl groups excluding tert-OH is 1. The van der Waals surface area contributed by atoms with Crippen LogP contribution >= 0.6 is 15.9 Å². The van der Waals surface area contributed by atoms with E-state index in [-0.39, 0.29) is 11.4 Å². The number of nitrogens with zero attached hydrogens (tertiary/aromatic N) is 1. The van der Waals surface area contributed by atoms with Crippen LogP contribution in [0.15, 0.2) is 22.7 Å². The summed E-state index contributed by atoms with van der Waals surface area (Å²) in [6.45, 7) is 10.3. The second-order valence-corrected chi connectivity index (χ2v) is 6.29. The first kappa shape index (κ1) is 18.6. The Labute approximate surface area is 136 Å². The highest BCUT2D eigenvalue weighted by atomic mass is 79.9. The fraction of sp³-hybridized carbons (Fsp3) is 0.647. The lowest BCUT2D eigenvalue weighted by molar-refractivity contribution is -0.0341. The highest BCUT2D eigenvalue weighted by molar-refractivity contribution is 9.10. The van der Waals surface area contributed by atoms with Gasteiger partial charge in [0, 0.05) is 16.4 Å². The SMILES string of the molecule is CCN(CC)C(CC)(CC)C(O)Cc1cc(F)ccc1Br. The smallest absolute Gasteiger partial charge is 0.123 e. The average Bonchev–Trinajstić information content (AvgIpc) is 2.48. The molecule has 0 heterocycles. The molecule has 0 spiro atoms. The lowest BCUT2D eigenvalue weighted by atomic mass is 9.81. The quantitative estimate of drug-likeness (QED) is 0.743. The van der Waals surface area contributed by atoms with E-state index in [0.717, 1.165) is 36.0 Å². The topological polar surface area (TPSA) is 23.5 Å². The number of benzene rings is 1. The summed E-state index contributed by atoms with van der Waals surface area (Å²) in [6, 6.07) is 4.64. The second kappa shape index (κ2) is 8.25. The third-order valence-corrected chi connectivity index (χ3v) is 5.43. The zero-order valence-corrected chi connectivity index (χ0v) is 15.1. The molecule has 0 aliphatic carbocycles. The van der Waals surface area contributed by atoms with Gasteiger partial charge in [-0.25, -0.2) is 4.39 Å². The van der Waals surface area contributed by atoms with Crippen LogP contribution in [-0.4, -0.2) is 34.7 Å². The van der Waals surface area contributed by atoms with E-state index in [2.05, 4.69) is 48.5 Å². The highest BCUT2D eigenvalue weighted by Gasteiger charge is 2.39. The first-order valence-electron chi connectivity index (χ1n) is 7.82. The number of likely N-dealkylation sites (N-methyl/N-ethyl adjacent to an activating group) is 1. The van der Waals surface area contributed by atoms with Gasteiger partial charge in [-0.3, -0.25) is 4.90 Å². The van der Waals surface area contributed by atoms with Crippen molar-refractivity contribution in [3.8, 4) is 0 Å². The van der Waals surface area contributed by atoms with E-state index in [1.54, 1.807) is 6.07 Å². The van der Waals surface area contributed by atoms with Crippen LogP contribution in [0.5, 0.6) is 0 Å². The van der Waals surface area contributed by atoms with Crippen molar-refractivity contribution < 1.29 is 9.50 Å². The van der Waals surface area contributed by atoms with E-state index < -0.39 is 6.10 Å². The molecule has 0 radical (unpaired) electrons. The van der Waals surface area contributed by atoms with Crippen LogP contribution in [0, 0.1) is 5.82 Å². The molecule has 1 aromatic carbocycles. The number of hydrogen-bond donors (Lipinski definition) is 1. The largest absolute Gasteiger partial charge is 0.391 e. The zero-order valence-electron chi connectivity index (χ0n) is 13.5. The fourth-order valence-corrected chi connectivity index (χ4v) is 3.74. The Morgan fingerprint density at radius 1 is 1.19 bits per heavy atom. The van der Waals surface area contributed by atoms with Crippen molar-refractivity contribution in [2.45, 2.75) is 58.6 Å². The molecule has 4 heteroatoms. The summed E-state index contributed by atoms with van der Waals surface area (Å²) in [5.41, 5.74) is 0.566. The summed E-state index contributed by atoms with van der Waals surface area (Å²) in [7, 11) is 0. The molecule has 0 saturated heterocycles. The Balaban J connectivity index is 3.06. The van der Waals surface area contributed by atoms with Gasteiger partial charge in [0.1, 0.15) is 5.82 Å². The predicted molar refractivity (Wildman–Crippen MR) is 90.0 cm³/mol. The number of hydrogen-bond acceptors (Lipinski definition) is 2. The van der Waals surface area contributed by atoms with Crippen LogP contribution in [0.1, 0.15) is 46.1 Å². The maximum Gasteiger partial charge on any atom is 0.123 e. The molecule has 1 unspecified atom stereocenters. The number of aliphatic hydroxyl groups is 1. The Morgan fingerprint density at radius 3 is 2.24 bits per heavy atom. The number of rotatable bonds is 8. The van der Waals surface area contributed by atoms with Crippen LogP contribution in [-0.2, 0) is 6.42 Å². The van der Waals surface area contributed by atoms with Crippen molar-refractivity contribution in [2.75, 3.05) is 13.1 Å². The molecule has 0 bridgehead atoms. The summed E-state index contributed by atoms with van der Waals surface area (Å²) in [6.07, 6.45) is 1.68.